The third-order valence-corrected chi connectivity index (χ3v) is 4.28. The first kappa shape index (κ1) is 16.6. The lowest BCUT2D eigenvalue weighted by molar-refractivity contribution is 1.18. The van der Waals surface area contributed by atoms with Crippen molar-refractivity contribution in [2.45, 2.75) is 13.3 Å². The van der Waals surface area contributed by atoms with E-state index in [0.717, 1.165) is 33.2 Å². The van der Waals surface area contributed by atoms with E-state index in [1.165, 1.54) is 0 Å². The topological polar surface area (TPSA) is 87.4 Å². The number of hydrogen-bond acceptors (Lipinski definition) is 6. The number of aryl methyl sites for hydroxylation is 1. The molecule has 0 aliphatic rings. The van der Waals surface area contributed by atoms with Crippen LogP contribution in [0.1, 0.15) is 11.1 Å². The maximum atomic E-state index is 8.73. The summed E-state index contributed by atoms with van der Waals surface area (Å²) in [6.45, 7) is 2.05. The SMILES string of the molecule is Cc1ccncc1-c1cc2cc(Nc3ccc(CC#N)cn3)ncc2cn1. The smallest absolute Gasteiger partial charge is 0.132 e. The largest absolute Gasteiger partial charge is 0.325 e. The van der Waals surface area contributed by atoms with E-state index in [1.807, 2.05) is 49.6 Å². The first-order chi connectivity index (χ1) is 13.2. The van der Waals surface area contributed by atoms with Crippen LogP contribution >= 0.6 is 0 Å². The van der Waals surface area contributed by atoms with Gasteiger partial charge < -0.3 is 5.32 Å². The maximum Gasteiger partial charge on any atom is 0.132 e. The molecule has 0 spiro atoms. The van der Waals surface area contributed by atoms with E-state index in [4.69, 9.17) is 5.26 Å². The molecule has 27 heavy (non-hydrogen) atoms. The van der Waals surface area contributed by atoms with E-state index in [0.29, 0.717) is 18.1 Å². The summed E-state index contributed by atoms with van der Waals surface area (Å²) in [6.07, 6.45) is 9.26. The van der Waals surface area contributed by atoms with Crippen LogP contribution in [0.4, 0.5) is 11.6 Å². The third kappa shape index (κ3) is 3.58. The predicted octanol–water partition coefficient (Wildman–Crippen LogP) is 4.20. The molecule has 130 valence electrons. The number of aromatic nitrogens is 4. The molecule has 0 unspecified atom stereocenters. The van der Waals surface area contributed by atoms with Crippen LogP contribution in [0.25, 0.3) is 22.0 Å². The lowest BCUT2D eigenvalue weighted by Crippen LogP contribution is -1.97. The minimum atomic E-state index is 0.352. The zero-order chi connectivity index (χ0) is 18.6. The number of nitrogens with zero attached hydrogens (tertiary/aromatic N) is 5. The molecule has 0 atom stereocenters. The molecule has 0 bridgehead atoms. The molecule has 6 heteroatoms. The van der Waals surface area contributed by atoms with Crippen molar-refractivity contribution in [1.29, 1.82) is 5.26 Å². The van der Waals surface area contributed by atoms with E-state index in [1.54, 1.807) is 18.6 Å². The maximum absolute atomic E-state index is 8.73. The van der Waals surface area contributed by atoms with Crippen LogP contribution in [0.3, 0.4) is 0 Å². The Hall–Kier alpha value is -3.85. The van der Waals surface area contributed by atoms with Gasteiger partial charge in [-0.2, -0.15) is 5.26 Å². The van der Waals surface area contributed by atoms with Crippen molar-refractivity contribution in [2.24, 2.45) is 0 Å². The van der Waals surface area contributed by atoms with Gasteiger partial charge in [0.1, 0.15) is 11.6 Å². The second kappa shape index (κ2) is 7.18. The molecular formula is C21H16N6. The molecule has 0 saturated carbocycles. The van der Waals surface area contributed by atoms with E-state index in [9.17, 15) is 0 Å². The summed E-state index contributed by atoms with van der Waals surface area (Å²) in [6, 6.07) is 11.8. The Kier molecular flexibility index (Phi) is 4.42. The summed E-state index contributed by atoms with van der Waals surface area (Å²) in [5, 5.41) is 13.9. The summed E-state index contributed by atoms with van der Waals surface area (Å²) in [5.74, 6) is 1.38. The van der Waals surface area contributed by atoms with E-state index < -0.39 is 0 Å². The van der Waals surface area contributed by atoms with Crippen molar-refractivity contribution in [1.82, 2.24) is 19.9 Å². The first-order valence-corrected chi connectivity index (χ1v) is 8.48. The zero-order valence-corrected chi connectivity index (χ0v) is 14.7. The number of pyridine rings is 4. The summed E-state index contributed by atoms with van der Waals surface area (Å²) in [7, 11) is 0. The van der Waals surface area contributed by atoms with Crippen LogP contribution in [0.15, 0.2) is 61.3 Å². The van der Waals surface area contributed by atoms with Crippen molar-refractivity contribution >= 4 is 22.4 Å². The highest BCUT2D eigenvalue weighted by Gasteiger charge is 2.06. The van der Waals surface area contributed by atoms with Gasteiger partial charge in [-0.25, -0.2) is 9.97 Å². The van der Waals surface area contributed by atoms with Crippen molar-refractivity contribution in [3.05, 3.63) is 72.4 Å². The first-order valence-electron chi connectivity index (χ1n) is 8.48. The molecule has 0 radical (unpaired) electrons. The Morgan fingerprint density at radius 1 is 0.926 bits per heavy atom. The van der Waals surface area contributed by atoms with Crippen LogP contribution in [-0.4, -0.2) is 19.9 Å². The normalized spacial score (nSPS) is 10.5. The van der Waals surface area contributed by atoms with Gasteiger partial charge in [0.05, 0.1) is 18.2 Å². The minimum Gasteiger partial charge on any atom is -0.325 e. The van der Waals surface area contributed by atoms with Crippen molar-refractivity contribution in [2.75, 3.05) is 5.32 Å². The summed E-state index contributed by atoms with van der Waals surface area (Å²) in [4.78, 5) is 17.5. The summed E-state index contributed by atoms with van der Waals surface area (Å²) < 4.78 is 0. The summed E-state index contributed by atoms with van der Waals surface area (Å²) in [5.41, 5.74) is 3.91. The van der Waals surface area contributed by atoms with Gasteiger partial charge in [-0.05, 0) is 47.7 Å². The van der Waals surface area contributed by atoms with E-state index in [-0.39, 0.29) is 0 Å². The fourth-order valence-corrected chi connectivity index (χ4v) is 2.81. The molecule has 4 rings (SSSR count). The molecule has 4 aromatic heterocycles. The Morgan fingerprint density at radius 3 is 2.56 bits per heavy atom. The lowest BCUT2D eigenvalue weighted by Gasteiger charge is -2.08. The highest BCUT2D eigenvalue weighted by atomic mass is 15.0. The molecular weight excluding hydrogens is 336 g/mol. The van der Waals surface area contributed by atoms with Gasteiger partial charge in [-0.1, -0.05) is 6.07 Å². The van der Waals surface area contributed by atoms with Gasteiger partial charge in [0.2, 0.25) is 0 Å². The highest BCUT2D eigenvalue weighted by molar-refractivity contribution is 5.87. The minimum absolute atomic E-state index is 0.352. The van der Waals surface area contributed by atoms with Crippen LogP contribution in [0.5, 0.6) is 0 Å². The Bertz CT molecular complexity index is 1150. The predicted molar refractivity (Wildman–Crippen MR) is 104 cm³/mol. The van der Waals surface area contributed by atoms with Gasteiger partial charge >= 0.3 is 0 Å². The third-order valence-electron chi connectivity index (χ3n) is 4.28. The molecule has 4 aromatic rings. The number of anilines is 2. The fourth-order valence-electron chi connectivity index (χ4n) is 2.81. The van der Waals surface area contributed by atoms with Gasteiger partial charge in [0.25, 0.3) is 0 Å². The number of nitriles is 1. The molecule has 0 amide bonds. The molecule has 0 aromatic carbocycles. The van der Waals surface area contributed by atoms with Gasteiger partial charge in [-0.15, -0.1) is 0 Å². The molecule has 6 nitrogen and oxygen atoms in total. The fraction of sp³-hybridized carbons (Fsp3) is 0.0952. The number of fused-ring (bicyclic) bond motifs is 1. The van der Waals surface area contributed by atoms with Gasteiger partial charge in [-0.3, -0.25) is 9.97 Å². The molecule has 4 heterocycles. The quantitative estimate of drug-likeness (QED) is 0.592. The number of rotatable bonds is 4. The van der Waals surface area contributed by atoms with Gasteiger partial charge in [0.15, 0.2) is 0 Å². The van der Waals surface area contributed by atoms with Crippen molar-refractivity contribution in [3.63, 3.8) is 0 Å². The zero-order valence-electron chi connectivity index (χ0n) is 14.7. The average Bonchev–Trinajstić information content (AvgIpc) is 2.69. The van der Waals surface area contributed by atoms with Crippen LogP contribution in [-0.2, 0) is 6.42 Å². The molecule has 1 N–H and O–H groups in total. The van der Waals surface area contributed by atoms with Crippen LogP contribution in [0.2, 0.25) is 0 Å². The number of nitrogens with one attached hydrogen (secondary N) is 1. The van der Waals surface area contributed by atoms with Crippen LogP contribution < -0.4 is 5.32 Å². The Morgan fingerprint density at radius 2 is 1.78 bits per heavy atom. The highest BCUT2D eigenvalue weighted by Crippen LogP contribution is 2.25. The Balaban J connectivity index is 1.65. The number of hydrogen-bond donors (Lipinski definition) is 1. The van der Waals surface area contributed by atoms with Crippen molar-refractivity contribution < 1.29 is 0 Å². The second-order valence-electron chi connectivity index (χ2n) is 6.19. The molecule has 0 fully saturated rings. The summed E-state index contributed by atoms with van der Waals surface area (Å²) >= 11 is 0. The molecule has 0 aliphatic heterocycles. The molecule has 0 aliphatic carbocycles. The monoisotopic (exact) mass is 352 g/mol. The average molecular weight is 352 g/mol. The Labute approximate surface area is 156 Å². The van der Waals surface area contributed by atoms with Gasteiger partial charge in [0, 0.05) is 41.9 Å². The lowest BCUT2D eigenvalue weighted by atomic mass is 10.1. The molecule has 0 saturated heterocycles. The standard InChI is InChI=1S/C21H16N6/c1-14-5-7-23-13-18(14)19-8-16-9-21(26-12-17(16)11-24-19)27-20-3-2-15(4-6-22)10-25-20/h2-3,5,7-13H,4H2,1H3,(H,25,26,27). The second-order valence-corrected chi connectivity index (χ2v) is 6.19. The van der Waals surface area contributed by atoms with E-state index in [2.05, 4.69) is 31.3 Å². The van der Waals surface area contributed by atoms with Crippen LogP contribution in [0, 0.1) is 18.3 Å². The van der Waals surface area contributed by atoms with E-state index >= 15 is 0 Å². The van der Waals surface area contributed by atoms with Crippen molar-refractivity contribution in [3.8, 4) is 17.3 Å².